The molecule has 2 aliphatic rings. The van der Waals surface area contributed by atoms with Crippen molar-refractivity contribution in [1.29, 1.82) is 0 Å². The van der Waals surface area contributed by atoms with Gasteiger partial charge in [0.2, 0.25) is 0 Å². The van der Waals surface area contributed by atoms with Gasteiger partial charge in [0.15, 0.2) is 5.11 Å². The van der Waals surface area contributed by atoms with Crippen LogP contribution in [0.1, 0.15) is 24.0 Å². The molecule has 0 bridgehead atoms. The van der Waals surface area contributed by atoms with Crippen molar-refractivity contribution in [3.05, 3.63) is 35.4 Å². The number of hydrazine groups is 1. The van der Waals surface area contributed by atoms with Crippen LogP contribution in [0.2, 0.25) is 0 Å². The van der Waals surface area contributed by atoms with Crippen LogP contribution in [-0.2, 0) is 5.66 Å². The predicted octanol–water partition coefficient (Wildman–Crippen LogP) is 1.98. The van der Waals surface area contributed by atoms with E-state index < -0.39 is 0 Å². The minimum Gasteiger partial charge on any atom is -0.327 e. The number of hydrogen-bond donors (Lipinski definition) is 1. The number of aryl methyl sites for hydroxylation is 1. The number of fused-ring (bicyclic) bond motifs is 1. The van der Waals surface area contributed by atoms with Gasteiger partial charge < -0.3 is 4.90 Å². The molecule has 0 aliphatic carbocycles. The van der Waals surface area contributed by atoms with E-state index in [4.69, 9.17) is 12.2 Å². The Morgan fingerprint density at radius 2 is 2.00 bits per heavy atom. The van der Waals surface area contributed by atoms with Crippen LogP contribution < -0.4 is 5.43 Å². The van der Waals surface area contributed by atoms with E-state index in [2.05, 4.69) is 53.6 Å². The molecule has 0 radical (unpaired) electrons. The molecule has 1 unspecified atom stereocenters. The van der Waals surface area contributed by atoms with Gasteiger partial charge in [-0.1, -0.05) is 29.8 Å². The summed E-state index contributed by atoms with van der Waals surface area (Å²) in [5, 5.41) is 3.10. The van der Waals surface area contributed by atoms with Gasteiger partial charge >= 0.3 is 0 Å². The Bertz CT molecular complexity index is 456. The molecule has 0 saturated carbocycles. The van der Waals surface area contributed by atoms with E-state index in [9.17, 15) is 0 Å². The van der Waals surface area contributed by atoms with Crippen LogP contribution >= 0.6 is 12.2 Å². The third kappa shape index (κ3) is 1.40. The molecule has 3 nitrogen and oxygen atoms in total. The summed E-state index contributed by atoms with van der Waals surface area (Å²) in [5.74, 6) is 0. The zero-order chi connectivity index (χ0) is 12.0. The van der Waals surface area contributed by atoms with Crippen molar-refractivity contribution in [1.82, 2.24) is 15.3 Å². The van der Waals surface area contributed by atoms with E-state index in [-0.39, 0.29) is 5.66 Å². The largest absolute Gasteiger partial charge is 0.327 e. The molecule has 3 rings (SSSR count). The summed E-state index contributed by atoms with van der Waals surface area (Å²) in [6.45, 7) is 3.17. The van der Waals surface area contributed by atoms with Gasteiger partial charge in [0, 0.05) is 13.6 Å². The van der Waals surface area contributed by atoms with Gasteiger partial charge in [0.05, 0.1) is 0 Å². The number of benzene rings is 1. The highest BCUT2D eigenvalue weighted by molar-refractivity contribution is 7.80. The molecule has 4 heteroatoms. The lowest BCUT2D eigenvalue weighted by molar-refractivity contribution is 0.0558. The van der Waals surface area contributed by atoms with Gasteiger partial charge in [-0.2, -0.15) is 5.01 Å². The first kappa shape index (κ1) is 11.0. The Morgan fingerprint density at radius 3 is 2.71 bits per heavy atom. The van der Waals surface area contributed by atoms with Gasteiger partial charge in [-0.15, -0.1) is 0 Å². The zero-order valence-electron chi connectivity index (χ0n) is 10.2. The predicted molar refractivity (Wildman–Crippen MR) is 72.3 cm³/mol. The fourth-order valence-electron chi connectivity index (χ4n) is 2.97. The Kier molecular flexibility index (Phi) is 2.38. The van der Waals surface area contributed by atoms with Gasteiger partial charge in [-0.05, 0) is 37.5 Å². The average molecular weight is 247 g/mol. The first-order valence-corrected chi connectivity index (χ1v) is 6.45. The quantitative estimate of drug-likeness (QED) is 0.765. The number of thiocarbonyl (C=S) groups is 1. The molecule has 0 amide bonds. The minimum atomic E-state index is -0.0647. The molecule has 0 aromatic heterocycles. The lowest BCUT2D eigenvalue weighted by Gasteiger charge is -2.36. The highest BCUT2D eigenvalue weighted by Gasteiger charge is 2.51. The Balaban J connectivity index is 2.09. The minimum absolute atomic E-state index is 0.0647. The summed E-state index contributed by atoms with van der Waals surface area (Å²) in [6, 6.07) is 8.80. The van der Waals surface area contributed by atoms with Crippen molar-refractivity contribution < 1.29 is 0 Å². The molecule has 90 valence electrons. The van der Waals surface area contributed by atoms with Crippen LogP contribution in [0.5, 0.6) is 0 Å². The van der Waals surface area contributed by atoms with Gasteiger partial charge in [0.25, 0.3) is 0 Å². The summed E-state index contributed by atoms with van der Waals surface area (Å²) in [7, 11) is 2.08. The highest BCUT2D eigenvalue weighted by Crippen LogP contribution is 2.43. The summed E-state index contributed by atoms with van der Waals surface area (Å²) >= 11 is 5.37. The number of rotatable bonds is 1. The van der Waals surface area contributed by atoms with E-state index >= 15 is 0 Å². The maximum atomic E-state index is 5.37. The van der Waals surface area contributed by atoms with Crippen LogP contribution in [0.25, 0.3) is 0 Å². The SMILES string of the molecule is Cc1ccc(C23CCCN2NC(=S)N3C)cc1. The standard InChI is InChI=1S/C13H17N3S/c1-10-4-6-11(7-5-10)13-8-3-9-16(13)14-12(17)15(13)2/h4-7H,3,8-9H2,1-2H3,(H,14,17). The molecule has 2 saturated heterocycles. The monoisotopic (exact) mass is 247 g/mol. The molecule has 17 heavy (non-hydrogen) atoms. The number of nitrogens with zero attached hydrogens (tertiary/aromatic N) is 2. The summed E-state index contributed by atoms with van der Waals surface area (Å²) in [4.78, 5) is 2.19. The van der Waals surface area contributed by atoms with Crippen LogP contribution in [0.15, 0.2) is 24.3 Å². The van der Waals surface area contributed by atoms with Crippen molar-refractivity contribution in [2.75, 3.05) is 13.6 Å². The van der Waals surface area contributed by atoms with E-state index in [0.717, 1.165) is 18.1 Å². The van der Waals surface area contributed by atoms with Crippen molar-refractivity contribution in [2.45, 2.75) is 25.4 Å². The van der Waals surface area contributed by atoms with E-state index in [1.807, 2.05) is 0 Å². The normalized spacial score (nSPS) is 28.4. The van der Waals surface area contributed by atoms with Crippen LogP contribution in [0.4, 0.5) is 0 Å². The van der Waals surface area contributed by atoms with E-state index in [0.29, 0.717) is 0 Å². The molecular weight excluding hydrogens is 230 g/mol. The van der Waals surface area contributed by atoms with Crippen molar-refractivity contribution in [2.24, 2.45) is 0 Å². The second kappa shape index (κ2) is 3.68. The molecule has 1 aromatic carbocycles. The second-order valence-electron chi connectivity index (χ2n) is 4.91. The smallest absolute Gasteiger partial charge is 0.185 e. The zero-order valence-corrected chi connectivity index (χ0v) is 11.0. The molecule has 1 atom stereocenters. The van der Waals surface area contributed by atoms with E-state index in [1.54, 1.807) is 0 Å². The molecule has 0 spiro atoms. The molecule has 2 aliphatic heterocycles. The summed E-state index contributed by atoms with van der Waals surface area (Å²) in [5.41, 5.74) is 5.87. The second-order valence-corrected chi connectivity index (χ2v) is 5.30. The lowest BCUT2D eigenvalue weighted by Crippen LogP contribution is -2.46. The highest BCUT2D eigenvalue weighted by atomic mass is 32.1. The number of hydrogen-bond acceptors (Lipinski definition) is 2. The topological polar surface area (TPSA) is 18.5 Å². The summed E-state index contributed by atoms with van der Waals surface area (Å²) < 4.78 is 0. The van der Waals surface area contributed by atoms with Crippen molar-refractivity contribution in [3.63, 3.8) is 0 Å². The summed E-state index contributed by atoms with van der Waals surface area (Å²) in [6.07, 6.45) is 2.33. The Morgan fingerprint density at radius 1 is 1.29 bits per heavy atom. The van der Waals surface area contributed by atoms with Crippen molar-refractivity contribution >= 4 is 17.3 Å². The van der Waals surface area contributed by atoms with Crippen LogP contribution in [0.3, 0.4) is 0 Å². The molecular formula is C13H17N3S. The van der Waals surface area contributed by atoms with Crippen molar-refractivity contribution in [3.8, 4) is 0 Å². The average Bonchev–Trinajstić information content (AvgIpc) is 2.82. The molecule has 2 heterocycles. The fraction of sp³-hybridized carbons (Fsp3) is 0.462. The van der Waals surface area contributed by atoms with Gasteiger partial charge in [0.1, 0.15) is 5.66 Å². The van der Waals surface area contributed by atoms with Gasteiger partial charge in [-0.3, -0.25) is 5.43 Å². The fourth-order valence-corrected chi connectivity index (χ4v) is 3.23. The first-order chi connectivity index (χ1) is 8.14. The Labute approximate surface area is 107 Å². The molecule has 2 fully saturated rings. The van der Waals surface area contributed by atoms with E-state index in [1.165, 1.54) is 17.5 Å². The molecule has 1 aromatic rings. The van der Waals surface area contributed by atoms with Crippen LogP contribution in [-0.4, -0.2) is 28.6 Å². The first-order valence-electron chi connectivity index (χ1n) is 6.04. The maximum Gasteiger partial charge on any atom is 0.185 e. The third-order valence-corrected chi connectivity index (χ3v) is 4.32. The van der Waals surface area contributed by atoms with Crippen LogP contribution in [0, 0.1) is 6.92 Å². The number of nitrogens with one attached hydrogen (secondary N) is 1. The van der Waals surface area contributed by atoms with Gasteiger partial charge in [-0.25, -0.2) is 0 Å². The lowest BCUT2D eigenvalue weighted by atomic mass is 9.95. The third-order valence-electron chi connectivity index (χ3n) is 3.96. The Hall–Kier alpha value is -1.13. The maximum absolute atomic E-state index is 5.37. The molecule has 1 N–H and O–H groups in total.